The first kappa shape index (κ1) is 24.0. The number of nitrogens with zero attached hydrogens (tertiary/aromatic N) is 1. The lowest BCUT2D eigenvalue weighted by molar-refractivity contribution is -0.123. The Hall–Kier alpha value is -3.32. The van der Waals surface area contributed by atoms with Gasteiger partial charge in [-0.05, 0) is 54.3 Å². The molecule has 0 aromatic heterocycles. The maximum Gasteiger partial charge on any atom is 0.262 e. The van der Waals surface area contributed by atoms with Gasteiger partial charge in [0.1, 0.15) is 6.04 Å². The Balaban J connectivity index is 2.10. The van der Waals surface area contributed by atoms with Crippen molar-refractivity contribution in [1.29, 1.82) is 0 Å². The molecule has 0 fully saturated rings. The van der Waals surface area contributed by atoms with Gasteiger partial charge in [-0.1, -0.05) is 31.5 Å². The maximum absolute atomic E-state index is 12.6. The molecule has 3 N–H and O–H groups in total. The Morgan fingerprint density at radius 1 is 1.26 bits per heavy atom. The van der Waals surface area contributed by atoms with E-state index >= 15 is 0 Å². The van der Waals surface area contributed by atoms with Crippen molar-refractivity contribution >= 4 is 29.6 Å². The molecule has 0 aliphatic carbocycles. The number of hydrazone groups is 1. The van der Waals surface area contributed by atoms with Gasteiger partial charge in [0.2, 0.25) is 0 Å². The van der Waals surface area contributed by atoms with Crippen LogP contribution in [0.3, 0.4) is 0 Å². The number of amides is 2. The number of methoxy groups -OCH3 is 1. The zero-order valence-electron chi connectivity index (χ0n) is 17.7. The average Bonchev–Trinajstić information content (AvgIpc) is 2.74. The highest BCUT2D eigenvalue weighted by molar-refractivity contribution is 6.30. The van der Waals surface area contributed by atoms with Crippen molar-refractivity contribution in [3.05, 3.63) is 70.8 Å². The summed E-state index contributed by atoms with van der Waals surface area (Å²) in [5.74, 6) is -0.673. The van der Waals surface area contributed by atoms with E-state index in [1.807, 2.05) is 13.8 Å². The van der Waals surface area contributed by atoms with Gasteiger partial charge in [-0.3, -0.25) is 9.59 Å². The molecule has 0 saturated carbocycles. The normalized spacial score (nSPS) is 11.9. The lowest BCUT2D eigenvalue weighted by atomic mass is 10.0. The summed E-state index contributed by atoms with van der Waals surface area (Å²) < 4.78 is 5.17. The average molecular weight is 444 g/mol. The van der Waals surface area contributed by atoms with E-state index in [1.165, 1.54) is 13.3 Å². The summed E-state index contributed by atoms with van der Waals surface area (Å²) >= 11 is 5.85. The van der Waals surface area contributed by atoms with E-state index in [0.29, 0.717) is 33.9 Å². The van der Waals surface area contributed by atoms with Crippen LogP contribution in [0.25, 0.3) is 0 Å². The molecule has 31 heavy (non-hydrogen) atoms. The van der Waals surface area contributed by atoms with Gasteiger partial charge in [-0.25, -0.2) is 5.43 Å². The highest BCUT2D eigenvalue weighted by Gasteiger charge is 2.24. The number of benzene rings is 2. The molecule has 2 amide bonds. The summed E-state index contributed by atoms with van der Waals surface area (Å²) in [5.41, 5.74) is 4.10. The molecule has 2 rings (SSSR count). The number of halogens is 1. The minimum atomic E-state index is -0.786. The Labute approximate surface area is 186 Å². The highest BCUT2D eigenvalue weighted by atomic mass is 35.5. The number of hydrogen-bond donors (Lipinski definition) is 3. The van der Waals surface area contributed by atoms with Crippen molar-refractivity contribution in [2.75, 3.05) is 7.11 Å². The third-order valence-electron chi connectivity index (χ3n) is 4.49. The topological polar surface area (TPSA) is 100 Å². The number of hydrogen-bond acceptors (Lipinski definition) is 5. The van der Waals surface area contributed by atoms with Crippen LogP contribution in [0.4, 0.5) is 0 Å². The van der Waals surface area contributed by atoms with E-state index in [2.05, 4.69) is 22.4 Å². The second-order valence-electron chi connectivity index (χ2n) is 7.16. The number of phenolic OH excluding ortho intramolecular Hbond substituents is 1. The highest BCUT2D eigenvalue weighted by Crippen LogP contribution is 2.31. The van der Waals surface area contributed by atoms with Gasteiger partial charge in [-0.15, -0.1) is 6.58 Å². The monoisotopic (exact) mass is 443 g/mol. The van der Waals surface area contributed by atoms with Crippen molar-refractivity contribution in [1.82, 2.24) is 10.7 Å². The molecule has 164 valence electrons. The second-order valence-corrected chi connectivity index (χ2v) is 7.60. The summed E-state index contributed by atoms with van der Waals surface area (Å²) in [5, 5.41) is 17.4. The molecule has 0 aliphatic rings. The van der Waals surface area contributed by atoms with Crippen molar-refractivity contribution in [3.63, 3.8) is 0 Å². The number of nitrogens with one attached hydrogen (secondary N) is 2. The first-order valence-corrected chi connectivity index (χ1v) is 10.0. The standard InChI is InChI=1S/C23H26ClN3O4/c1-5-6-17-11-15(12-19(31-4)21(17)28)13-25-27-23(30)20(14(2)3)26-22(29)16-7-9-18(24)10-8-16/h5,7-14,20,28H,1,6H2,2-4H3,(H,26,29)(H,27,30). The van der Waals surface area contributed by atoms with E-state index < -0.39 is 11.9 Å². The summed E-state index contributed by atoms with van der Waals surface area (Å²) in [6.07, 6.45) is 3.54. The Morgan fingerprint density at radius 3 is 2.52 bits per heavy atom. The molecule has 2 aromatic rings. The smallest absolute Gasteiger partial charge is 0.262 e. The minimum Gasteiger partial charge on any atom is -0.504 e. The molecule has 0 saturated heterocycles. The quantitative estimate of drug-likeness (QED) is 0.312. The van der Waals surface area contributed by atoms with E-state index in [9.17, 15) is 14.7 Å². The van der Waals surface area contributed by atoms with E-state index in [4.69, 9.17) is 16.3 Å². The zero-order valence-corrected chi connectivity index (χ0v) is 18.4. The predicted octanol–water partition coefficient (Wildman–Crippen LogP) is 3.69. The zero-order chi connectivity index (χ0) is 23.0. The van der Waals surface area contributed by atoms with Gasteiger partial charge in [0, 0.05) is 16.1 Å². The fourth-order valence-electron chi connectivity index (χ4n) is 2.83. The third-order valence-corrected chi connectivity index (χ3v) is 4.74. The molecule has 0 radical (unpaired) electrons. The SMILES string of the molecule is C=CCc1cc(C=NNC(=O)C(NC(=O)c2ccc(Cl)cc2)C(C)C)cc(OC)c1O. The first-order chi connectivity index (χ1) is 14.8. The lowest BCUT2D eigenvalue weighted by Crippen LogP contribution is -2.48. The van der Waals surface area contributed by atoms with Crippen molar-refractivity contribution < 1.29 is 19.4 Å². The molecule has 1 atom stereocenters. The van der Waals surface area contributed by atoms with Crippen LogP contribution < -0.4 is 15.5 Å². The van der Waals surface area contributed by atoms with E-state index in [0.717, 1.165) is 0 Å². The van der Waals surface area contributed by atoms with Gasteiger partial charge < -0.3 is 15.2 Å². The number of carbonyl (C=O) groups excluding carboxylic acids is 2. The molecular weight excluding hydrogens is 418 g/mol. The Bertz CT molecular complexity index is 972. The van der Waals surface area contributed by atoms with Crippen LogP contribution in [-0.4, -0.2) is 36.3 Å². The first-order valence-electron chi connectivity index (χ1n) is 9.67. The van der Waals surface area contributed by atoms with Gasteiger partial charge in [0.05, 0.1) is 13.3 Å². The van der Waals surface area contributed by atoms with Crippen LogP contribution in [0.1, 0.15) is 35.3 Å². The molecule has 2 aromatic carbocycles. The lowest BCUT2D eigenvalue weighted by Gasteiger charge is -2.20. The Morgan fingerprint density at radius 2 is 1.94 bits per heavy atom. The summed E-state index contributed by atoms with van der Waals surface area (Å²) in [4.78, 5) is 25.1. The molecule has 0 bridgehead atoms. The van der Waals surface area contributed by atoms with Crippen LogP contribution in [0, 0.1) is 5.92 Å². The fourth-order valence-corrected chi connectivity index (χ4v) is 2.96. The van der Waals surface area contributed by atoms with Gasteiger partial charge in [0.25, 0.3) is 11.8 Å². The number of phenols is 1. The van der Waals surface area contributed by atoms with Crippen molar-refractivity contribution in [3.8, 4) is 11.5 Å². The number of allylic oxidation sites excluding steroid dienone is 1. The van der Waals surface area contributed by atoms with Gasteiger partial charge >= 0.3 is 0 Å². The minimum absolute atomic E-state index is 0.0355. The number of rotatable bonds is 9. The molecule has 7 nitrogen and oxygen atoms in total. The summed E-state index contributed by atoms with van der Waals surface area (Å²) in [6.45, 7) is 7.31. The Kier molecular flexibility index (Phi) is 8.63. The third kappa shape index (κ3) is 6.58. The molecule has 0 spiro atoms. The maximum atomic E-state index is 12.6. The molecule has 0 aliphatic heterocycles. The van der Waals surface area contributed by atoms with Gasteiger partial charge in [-0.2, -0.15) is 5.10 Å². The van der Waals surface area contributed by atoms with E-state index in [1.54, 1.807) is 42.5 Å². The van der Waals surface area contributed by atoms with Crippen molar-refractivity contribution in [2.45, 2.75) is 26.3 Å². The second kappa shape index (κ2) is 11.2. The van der Waals surface area contributed by atoms with Crippen LogP contribution in [0.15, 0.2) is 54.2 Å². The summed E-state index contributed by atoms with van der Waals surface area (Å²) in [7, 11) is 1.45. The number of ether oxygens (including phenoxy) is 1. The van der Waals surface area contributed by atoms with Crippen LogP contribution in [0.5, 0.6) is 11.5 Å². The van der Waals surface area contributed by atoms with Gasteiger partial charge in [0.15, 0.2) is 11.5 Å². The van der Waals surface area contributed by atoms with Crippen LogP contribution >= 0.6 is 11.6 Å². The predicted molar refractivity (Wildman–Crippen MR) is 122 cm³/mol. The molecule has 0 heterocycles. The molecule has 1 unspecified atom stereocenters. The van der Waals surface area contributed by atoms with Crippen molar-refractivity contribution in [2.24, 2.45) is 11.0 Å². The van der Waals surface area contributed by atoms with Crippen LogP contribution in [-0.2, 0) is 11.2 Å². The van der Waals surface area contributed by atoms with E-state index in [-0.39, 0.29) is 17.6 Å². The molecular formula is C23H26ClN3O4. The van der Waals surface area contributed by atoms with Crippen LogP contribution in [0.2, 0.25) is 5.02 Å². The fraction of sp³-hybridized carbons (Fsp3) is 0.261. The molecule has 8 heteroatoms. The number of carbonyl (C=O) groups is 2. The summed E-state index contributed by atoms with van der Waals surface area (Å²) in [6, 6.07) is 8.92. The number of aromatic hydroxyl groups is 1. The largest absolute Gasteiger partial charge is 0.504 e.